The van der Waals surface area contributed by atoms with Crippen molar-refractivity contribution in [2.45, 2.75) is 23.9 Å². The molecule has 1 heteroatoms. The molecule has 0 rings (SSSR count). The van der Waals surface area contributed by atoms with Crippen molar-refractivity contribution in [2.75, 3.05) is 0 Å². The topological polar surface area (TPSA) is 0 Å². The van der Waals surface area contributed by atoms with Gasteiger partial charge >= 0.3 is 41.0 Å². The summed E-state index contributed by atoms with van der Waals surface area (Å²) in [5, 5.41) is 3.06. The van der Waals surface area contributed by atoms with Crippen LogP contribution >= 0.6 is 0 Å². The van der Waals surface area contributed by atoms with Crippen LogP contribution in [-0.2, 0) is 17.1 Å². The first-order valence-corrected chi connectivity index (χ1v) is 6.61. The Hall–Kier alpha value is 0.623. The van der Waals surface area contributed by atoms with Gasteiger partial charge in [0.2, 0.25) is 0 Å². The Morgan fingerprint density at radius 2 is 1.60 bits per heavy atom. The molecule has 0 aromatic rings. The maximum absolute atomic E-state index is 2.30. The van der Waals surface area contributed by atoms with E-state index in [2.05, 4.69) is 13.8 Å². The Labute approximate surface area is 41.6 Å². The minimum absolute atomic E-state index is 0.0972. The van der Waals surface area contributed by atoms with Gasteiger partial charge in [-0.15, -0.1) is 0 Å². The standard InChI is InChI=1S/2C2H5.Zn/c2*1-2;/h2*1H2,2H3;/i;;1-54. The molecule has 0 nitrogen and oxygen atoms in total. The van der Waals surface area contributed by atoms with Crippen LogP contribution in [0.5, 0.6) is 0 Å². The van der Waals surface area contributed by atoms with E-state index in [1.54, 1.807) is 0 Å². The second kappa shape index (κ2) is 4.62. The van der Waals surface area contributed by atoms with Gasteiger partial charge < -0.3 is 0 Å². The van der Waals surface area contributed by atoms with E-state index in [1.165, 1.54) is 10.0 Å². The fraction of sp³-hybridized carbons (Fsp3) is 1.00. The van der Waals surface area contributed by atoms with Gasteiger partial charge in [0, 0.05) is 0 Å². The molecule has 0 aromatic heterocycles. The third-order valence-electron chi connectivity index (χ3n) is 0.707. The van der Waals surface area contributed by atoms with Crippen LogP contribution in [0.3, 0.4) is 0 Å². The first-order valence-electron chi connectivity index (χ1n) is 2.41. The molecular formula is C4H10Zn. The quantitative estimate of drug-likeness (QED) is 0.435. The summed E-state index contributed by atoms with van der Waals surface area (Å²) in [5.41, 5.74) is 0. The van der Waals surface area contributed by atoms with Gasteiger partial charge in [0.25, 0.3) is 0 Å². The molecule has 0 bridgehead atoms. The summed E-state index contributed by atoms with van der Waals surface area (Å²) in [4.78, 5) is 0. The second-order valence-corrected chi connectivity index (χ2v) is 7.03. The molecule has 0 aromatic carbocycles. The van der Waals surface area contributed by atoms with Crippen molar-refractivity contribution in [3.05, 3.63) is 0 Å². The molecule has 0 atom stereocenters. The van der Waals surface area contributed by atoms with Gasteiger partial charge in [-0.25, -0.2) is 0 Å². The van der Waals surface area contributed by atoms with E-state index in [9.17, 15) is 0 Å². The molecule has 5 heavy (non-hydrogen) atoms. The van der Waals surface area contributed by atoms with Crippen molar-refractivity contribution in [1.29, 1.82) is 0 Å². The van der Waals surface area contributed by atoms with E-state index in [0.717, 1.165) is 0 Å². The second-order valence-electron chi connectivity index (χ2n) is 1.35. The Kier molecular flexibility index (Phi) is 5.20. The molecule has 0 N–H and O–H groups in total. The molecule has 0 spiro atoms. The van der Waals surface area contributed by atoms with Gasteiger partial charge in [-0.2, -0.15) is 0 Å². The normalized spacial score (nSPS) is 6.80. The minimum atomic E-state index is 0.0972. The van der Waals surface area contributed by atoms with Crippen molar-refractivity contribution < 1.29 is 17.1 Å². The summed E-state index contributed by atoms with van der Waals surface area (Å²) in [5.74, 6) is 0. The van der Waals surface area contributed by atoms with E-state index in [-0.39, 0.29) is 17.1 Å². The Bertz CT molecular complexity index is 11.1. The van der Waals surface area contributed by atoms with E-state index < -0.39 is 0 Å². The summed E-state index contributed by atoms with van der Waals surface area (Å²) < 4.78 is 0. The first-order chi connectivity index (χ1) is 2.41. The van der Waals surface area contributed by atoms with Crippen LogP contribution in [0.1, 0.15) is 13.8 Å². The van der Waals surface area contributed by atoms with Gasteiger partial charge in [0.05, 0.1) is 0 Å². The number of rotatable bonds is 2. The Balaban J connectivity index is 2.19. The van der Waals surface area contributed by atoms with Crippen molar-refractivity contribution in [3.63, 3.8) is 0 Å². The fourth-order valence-electron chi connectivity index (χ4n) is 0.354. The molecule has 0 fully saturated rings. The van der Waals surface area contributed by atoms with E-state index in [1.807, 2.05) is 0 Å². The zero-order chi connectivity index (χ0) is 4.12. The molecule has 0 aliphatic carbocycles. The molecular weight excluding hydrogens is 59.0 g/mol. The van der Waals surface area contributed by atoms with E-state index in [0.29, 0.717) is 0 Å². The average molecular weight is 69.1 g/mol. The molecule has 0 unspecified atom stereocenters. The Morgan fingerprint density at radius 1 is 1.20 bits per heavy atom. The monoisotopic (exact) mass is 69.1 g/mol. The number of hydrogen-bond acceptors (Lipinski definition) is 0. The average Bonchev–Trinajstić information content (AvgIpc) is 1.41. The van der Waals surface area contributed by atoms with Crippen LogP contribution in [-0.4, -0.2) is 0 Å². The molecule has 0 radical (unpaired) electrons. The fourth-order valence-corrected chi connectivity index (χ4v) is 1.84. The van der Waals surface area contributed by atoms with E-state index >= 15 is 0 Å². The van der Waals surface area contributed by atoms with Crippen LogP contribution in [0.2, 0.25) is 10.0 Å². The van der Waals surface area contributed by atoms with Crippen molar-refractivity contribution in [1.82, 2.24) is 0 Å². The molecule has 28 valence electrons. The SMILES string of the molecule is C[CH2][11Zn][CH2]C. The third-order valence-corrected chi connectivity index (χ3v) is 3.67. The summed E-state index contributed by atoms with van der Waals surface area (Å²) >= 11 is 0.0972. The van der Waals surface area contributed by atoms with Crippen LogP contribution < -0.4 is 0 Å². The molecule has 0 saturated heterocycles. The summed E-state index contributed by atoms with van der Waals surface area (Å²) in [6.07, 6.45) is 0. The molecule has 0 saturated carbocycles. The van der Waals surface area contributed by atoms with Crippen LogP contribution in [0, 0.1) is 0 Å². The molecule has 0 heterocycles. The van der Waals surface area contributed by atoms with Crippen LogP contribution in [0.15, 0.2) is 0 Å². The van der Waals surface area contributed by atoms with Gasteiger partial charge in [0.15, 0.2) is 0 Å². The number of hydrogen-bond donors (Lipinski definition) is 0. The summed E-state index contributed by atoms with van der Waals surface area (Å²) in [7, 11) is 0. The molecule has 0 aliphatic rings. The predicted molar refractivity (Wildman–Crippen MR) is 21.0 cm³/mol. The summed E-state index contributed by atoms with van der Waals surface area (Å²) in [6, 6.07) is 0. The van der Waals surface area contributed by atoms with Gasteiger partial charge in [-0.1, -0.05) is 0 Å². The zero-order valence-electron chi connectivity index (χ0n) is 4.12. The van der Waals surface area contributed by atoms with Gasteiger partial charge in [-0.3, -0.25) is 0 Å². The van der Waals surface area contributed by atoms with Crippen molar-refractivity contribution >= 4 is 0 Å². The van der Waals surface area contributed by atoms with Gasteiger partial charge in [0.1, 0.15) is 0 Å². The van der Waals surface area contributed by atoms with Crippen LogP contribution in [0.25, 0.3) is 0 Å². The molecule has 0 amide bonds. The Morgan fingerprint density at radius 3 is 1.60 bits per heavy atom. The third kappa shape index (κ3) is 4.62. The van der Waals surface area contributed by atoms with Crippen molar-refractivity contribution in [3.8, 4) is 0 Å². The van der Waals surface area contributed by atoms with Crippen molar-refractivity contribution in [2.24, 2.45) is 0 Å². The van der Waals surface area contributed by atoms with Gasteiger partial charge in [-0.05, 0) is 0 Å². The van der Waals surface area contributed by atoms with Crippen LogP contribution in [0.4, 0.5) is 0 Å². The van der Waals surface area contributed by atoms with E-state index in [4.69, 9.17) is 0 Å². The zero-order valence-corrected chi connectivity index (χ0v) is 7.09. The first kappa shape index (κ1) is 5.62. The summed E-state index contributed by atoms with van der Waals surface area (Å²) in [6.45, 7) is 4.59. The predicted octanol–water partition coefficient (Wildman–Crippen LogP) is 1.95. The maximum atomic E-state index is 2.30. The molecule has 0 aliphatic heterocycles.